The Hall–Kier alpha value is -3.39. The molecule has 7 nitrogen and oxygen atoms in total. The number of nitrogens with zero attached hydrogens (tertiary/aromatic N) is 3. The van der Waals surface area contributed by atoms with Crippen LogP contribution in [-0.4, -0.2) is 41.3 Å². The molecule has 0 saturated carbocycles. The van der Waals surface area contributed by atoms with Gasteiger partial charge in [0.15, 0.2) is 5.65 Å². The molecule has 2 fully saturated rings. The van der Waals surface area contributed by atoms with E-state index in [-0.39, 0.29) is 11.2 Å². The minimum Gasteiger partial charge on any atom is -0.469 e. The number of aromatic amines is 1. The minimum atomic E-state index is -0.180. The Morgan fingerprint density at radius 1 is 1.16 bits per heavy atom. The van der Waals surface area contributed by atoms with Crippen LogP contribution in [0, 0.1) is 11.2 Å². The van der Waals surface area contributed by atoms with Crippen LogP contribution in [0.15, 0.2) is 53.3 Å². The first kappa shape index (κ1) is 19.3. The van der Waals surface area contributed by atoms with Gasteiger partial charge in [0.2, 0.25) is 0 Å². The van der Waals surface area contributed by atoms with Crippen LogP contribution in [0.4, 0.5) is 15.8 Å². The highest BCUT2D eigenvalue weighted by Crippen LogP contribution is 2.41. The van der Waals surface area contributed by atoms with Crippen LogP contribution < -0.4 is 10.2 Å². The van der Waals surface area contributed by atoms with Gasteiger partial charge in [-0.1, -0.05) is 6.07 Å². The summed E-state index contributed by atoms with van der Waals surface area (Å²) >= 11 is 0. The Labute approximate surface area is 184 Å². The smallest absolute Gasteiger partial charge is 0.179 e. The fourth-order valence-corrected chi connectivity index (χ4v) is 4.54. The molecule has 5 heterocycles. The minimum absolute atomic E-state index is 0.180. The van der Waals surface area contributed by atoms with E-state index >= 15 is 0 Å². The van der Waals surface area contributed by atoms with E-state index in [1.54, 1.807) is 18.5 Å². The number of aromatic nitrogens is 3. The monoisotopic (exact) mass is 433 g/mol. The predicted molar refractivity (Wildman–Crippen MR) is 119 cm³/mol. The molecule has 1 aromatic carbocycles. The standard InChI is InChI=1S/C24H24FN5O2/c25-18-10-16(3-5-20(18)30-12-24(13-30)14-31-15-24)11-27-19-7-8-26-23-22(19)28-21(29-23)6-4-17-2-1-9-32-17/h1-3,5,7-10H,4,6,11-15H2,(H2,26,27,28,29). The van der Waals surface area contributed by atoms with Crippen molar-refractivity contribution in [2.45, 2.75) is 19.4 Å². The normalized spacial score (nSPS) is 16.8. The third kappa shape index (κ3) is 3.50. The Bertz CT molecular complexity index is 1240. The average Bonchev–Trinajstić information content (AvgIpc) is 3.39. The van der Waals surface area contributed by atoms with Gasteiger partial charge in [-0.3, -0.25) is 0 Å². The number of anilines is 2. The number of nitrogens with one attached hydrogen (secondary N) is 2. The fourth-order valence-electron chi connectivity index (χ4n) is 4.54. The van der Waals surface area contributed by atoms with Gasteiger partial charge in [0.05, 0.1) is 36.3 Å². The zero-order valence-corrected chi connectivity index (χ0v) is 17.6. The Kier molecular flexibility index (Phi) is 4.61. The highest BCUT2D eigenvalue weighted by atomic mass is 19.1. The van der Waals surface area contributed by atoms with Crippen LogP contribution in [0.3, 0.4) is 0 Å². The van der Waals surface area contributed by atoms with Gasteiger partial charge >= 0.3 is 0 Å². The molecule has 8 heteroatoms. The van der Waals surface area contributed by atoms with Crippen molar-refractivity contribution in [2.24, 2.45) is 5.41 Å². The number of ether oxygens (including phenoxy) is 1. The van der Waals surface area contributed by atoms with E-state index in [9.17, 15) is 4.39 Å². The molecule has 0 bridgehead atoms. The van der Waals surface area contributed by atoms with E-state index in [0.29, 0.717) is 17.9 Å². The molecule has 32 heavy (non-hydrogen) atoms. The highest BCUT2D eigenvalue weighted by Gasteiger charge is 2.49. The maximum atomic E-state index is 14.7. The Balaban J connectivity index is 1.12. The lowest BCUT2D eigenvalue weighted by Crippen LogP contribution is -2.66. The number of benzene rings is 1. The summed E-state index contributed by atoms with van der Waals surface area (Å²) in [6.07, 6.45) is 4.91. The summed E-state index contributed by atoms with van der Waals surface area (Å²) in [5.74, 6) is 1.61. The molecule has 0 aliphatic carbocycles. The van der Waals surface area contributed by atoms with E-state index in [1.165, 1.54) is 0 Å². The molecule has 0 radical (unpaired) electrons. The van der Waals surface area contributed by atoms with E-state index in [2.05, 4.69) is 25.2 Å². The van der Waals surface area contributed by atoms with Gasteiger partial charge in [-0.2, -0.15) is 0 Å². The number of H-pyrrole nitrogens is 1. The molecule has 3 aromatic heterocycles. The number of hydrogen-bond acceptors (Lipinski definition) is 6. The molecule has 2 aliphatic rings. The lowest BCUT2D eigenvalue weighted by molar-refractivity contribution is -0.127. The quantitative estimate of drug-likeness (QED) is 0.460. The van der Waals surface area contributed by atoms with Crippen molar-refractivity contribution in [3.05, 3.63) is 71.8 Å². The van der Waals surface area contributed by atoms with E-state index < -0.39 is 0 Å². The number of fused-ring (bicyclic) bond motifs is 1. The zero-order chi connectivity index (χ0) is 21.5. The topological polar surface area (TPSA) is 79.2 Å². The number of halogens is 1. The summed E-state index contributed by atoms with van der Waals surface area (Å²) in [5, 5.41) is 3.40. The third-order valence-corrected chi connectivity index (χ3v) is 6.33. The van der Waals surface area contributed by atoms with Crippen molar-refractivity contribution in [1.29, 1.82) is 0 Å². The molecule has 2 N–H and O–H groups in total. The summed E-state index contributed by atoms with van der Waals surface area (Å²) in [5.41, 5.74) is 4.24. The Morgan fingerprint density at radius 3 is 2.81 bits per heavy atom. The maximum Gasteiger partial charge on any atom is 0.179 e. The molecule has 6 rings (SSSR count). The van der Waals surface area contributed by atoms with Crippen molar-refractivity contribution < 1.29 is 13.5 Å². The van der Waals surface area contributed by atoms with Crippen molar-refractivity contribution in [2.75, 3.05) is 36.5 Å². The molecule has 0 atom stereocenters. The molecular weight excluding hydrogens is 409 g/mol. The second-order valence-corrected chi connectivity index (χ2v) is 8.81. The molecule has 1 spiro atoms. The van der Waals surface area contributed by atoms with Crippen LogP contribution in [0.2, 0.25) is 0 Å². The van der Waals surface area contributed by atoms with Crippen LogP contribution >= 0.6 is 0 Å². The molecule has 0 amide bonds. The number of pyridine rings is 1. The third-order valence-electron chi connectivity index (χ3n) is 6.33. The van der Waals surface area contributed by atoms with Gasteiger partial charge in [0, 0.05) is 38.7 Å². The molecule has 4 aromatic rings. The first-order valence-electron chi connectivity index (χ1n) is 10.9. The summed E-state index contributed by atoms with van der Waals surface area (Å²) in [6, 6.07) is 11.2. The van der Waals surface area contributed by atoms with E-state index in [4.69, 9.17) is 9.15 Å². The van der Waals surface area contributed by atoms with Crippen LogP contribution in [0.5, 0.6) is 0 Å². The van der Waals surface area contributed by atoms with Gasteiger partial charge < -0.3 is 24.4 Å². The fraction of sp³-hybridized carbons (Fsp3) is 0.333. The summed E-state index contributed by atoms with van der Waals surface area (Å²) in [4.78, 5) is 14.4. The van der Waals surface area contributed by atoms with Gasteiger partial charge in [0.1, 0.15) is 22.9 Å². The predicted octanol–water partition coefficient (Wildman–Crippen LogP) is 3.92. The highest BCUT2D eigenvalue weighted by molar-refractivity contribution is 5.85. The summed E-state index contributed by atoms with van der Waals surface area (Å²) < 4.78 is 25.4. The van der Waals surface area contributed by atoms with Gasteiger partial charge in [0.25, 0.3) is 0 Å². The molecule has 0 unspecified atom stereocenters. The van der Waals surface area contributed by atoms with Crippen molar-refractivity contribution in [3.8, 4) is 0 Å². The van der Waals surface area contributed by atoms with Crippen molar-refractivity contribution in [1.82, 2.24) is 15.0 Å². The average molecular weight is 433 g/mol. The van der Waals surface area contributed by atoms with Crippen molar-refractivity contribution in [3.63, 3.8) is 0 Å². The lowest BCUT2D eigenvalue weighted by Gasteiger charge is -2.56. The number of aryl methyl sites for hydroxylation is 2. The number of rotatable bonds is 7. The molecule has 164 valence electrons. The largest absolute Gasteiger partial charge is 0.469 e. The van der Waals surface area contributed by atoms with Gasteiger partial charge in [-0.25, -0.2) is 14.4 Å². The summed E-state index contributed by atoms with van der Waals surface area (Å²) in [7, 11) is 0. The van der Waals surface area contributed by atoms with Gasteiger partial charge in [-0.05, 0) is 35.9 Å². The van der Waals surface area contributed by atoms with E-state index in [1.807, 2.05) is 30.3 Å². The number of imidazole rings is 1. The zero-order valence-electron chi connectivity index (χ0n) is 17.6. The molecular formula is C24H24FN5O2. The van der Waals surface area contributed by atoms with Gasteiger partial charge in [-0.15, -0.1) is 0 Å². The number of hydrogen-bond donors (Lipinski definition) is 2. The van der Waals surface area contributed by atoms with Crippen molar-refractivity contribution >= 4 is 22.5 Å². The number of furan rings is 1. The van der Waals surface area contributed by atoms with E-state index in [0.717, 1.165) is 67.5 Å². The second kappa shape index (κ2) is 7.63. The molecule has 2 saturated heterocycles. The first-order chi connectivity index (χ1) is 15.7. The first-order valence-corrected chi connectivity index (χ1v) is 10.9. The summed E-state index contributed by atoms with van der Waals surface area (Å²) in [6.45, 7) is 3.85. The van der Waals surface area contributed by atoms with Crippen LogP contribution in [-0.2, 0) is 24.1 Å². The second-order valence-electron chi connectivity index (χ2n) is 8.81. The van der Waals surface area contributed by atoms with Crippen LogP contribution in [0.25, 0.3) is 11.2 Å². The Morgan fingerprint density at radius 2 is 2.06 bits per heavy atom. The van der Waals surface area contributed by atoms with Crippen LogP contribution in [0.1, 0.15) is 17.1 Å². The lowest BCUT2D eigenvalue weighted by atomic mass is 9.77. The SMILES string of the molecule is Fc1cc(CNc2ccnc3nc(CCc4ccco4)[nH]c23)ccc1N1CC2(COC2)C1. The molecule has 2 aliphatic heterocycles. The maximum absolute atomic E-state index is 14.7.